The molecule has 3 aromatic carbocycles. The van der Waals surface area contributed by atoms with E-state index < -0.39 is 13.8 Å². The van der Waals surface area contributed by atoms with Gasteiger partial charge in [-0.3, -0.25) is 4.89 Å². The second-order valence-corrected chi connectivity index (χ2v) is 11.8. The fourth-order valence-corrected chi connectivity index (χ4v) is 4.39. The molecule has 0 bridgehead atoms. The van der Waals surface area contributed by atoms with Crippen molar-refractivity contribution in [3.05, 3.63) is 95.1 Å². The van der Waals surface area contributed by atoms with Crippen molar-refractivity contribution in [3.8, 4) is 11.5 Å². The van der Waals surface area contributed by atoms with E-state index in [-0.39, 0.29) is 22.5 Å². The summed E-state index contributed by atoms with van der Waals surface area (Å²) in [6, 6.07) is 21.1. The maximum Gasteiger partial charge on any atom is 0.625 e. The molecule has 0 spiro atoms. The highest BCUT2D eigenvalue weighted by Gasteiger charge is 2.35. The summed E-state index contributed by atoms with van der Waals surface area (Å²) in [5, 5.41) is 0. The number of carbonyl (C=O) groups is 1. The summed E-state index contributed by atoms with van der Waals surface area (Å²) in [5.74, 6) is 0.347. The van der Waals surface area contributed by atoms with E-state index in [1.807, 2.05) is 36.4 Å². The molecule has 0 aliphatic heterocycles. The fraction of sp³-hybridized carbons (Fsp3) is 0.345. The number of hydrogen-bond acceptors (Lipinski definition) is 6. The van der Waals surface area contributed by atoms with Gasteiger partial charge in [0, 0.05) is 0 Å². The van der Waals surface area contributed by atoms with Gasteiger partial charge in [-0.1, -0.05) is 84.9 Å². The van der Waals surface area contributed by atoms with Crippen molar-refractivity contribution in [2.24, 2.45) is 0 Å². The second kappa shape index (κ2) is 11.3. The van der Waals surface area contributed by atoms with Crippen LogP contribution in [0.4, 0.5) is 0 Å². The molecule has 0 fully saturated rings. The van der Waals surface area contributed by atoms with Crippen LogP contribution in [0.2, 0.25) is 0 Å². The lowest BCUT2D eigenvalue weighted by molar-refractivity contribution is -0.163. The zero-order chi connectivity index (χ0) is 26.5. The molecule has 0 atom stereocenters. The van der Waals surface area contributed by atoms with Gasteiger partial charge >= 0.3 is 13.8 Å². The Hall–Kier alpha value is -3.08. The number of phosphoric ester groups is 1. The Kier molecular flexibility index (Phi) is 8.65. The van der Waals surface area contributed by atoms with Crippen LogP contribution >= 0.6 is 7.82 Å². The molecule has 3 aromatic rings. The Morgan fingerprint density at radius 1 is 0.694 bits per heavy atom. The van der Waals surface area contributed by atoms with E-state index in [4.69, 9.17) is 18.6 Å². The minimum atomic E-state index is -4.39. The van der Waals surface area contributed by atoms with Gasteiger partial charge in [0.1, 0.15) is 11.5 Å². The largest absolute Gasteiger partial charge is 0.625 e. The van der Waals surface area contributed by atoms with Crippen LogP contribution in [0.25, 0.3) is 0 Å². The highest BCUT2D eigenvalue weighted by atomic mass is 31.2. The molecule has 7 heteroatoms. The van der Waals surface area contributed by atoms with Crippen LogP contribution in [0.5, 0.6) is 11.5 Å². The predicted octanol–water partition coefficient (Wildman–Crippen LogP) is 8.59. The highest BCUT2D eigenvalue weighted by molar-refractivity contribution is 7.49. The third-order valence-corrected chi connectivity index (χ3v) is 6.84. The minimum absolute atomic E-state index is 0.0629. The molecule has 0 amide bonds. The van der Waals surface area contributed by atoms with Crippen molar-refractivity contribution in [3.63, 3.8) is 0 Å². The Bertz CT molecular complexity index is 1130. The quantitative estimate of drug-likeness (QED) is 0.163. The number of hydrogen-bond donors (Lipinski definition) is 0. The monoisotopic (exact) mass is 510 g/mol. The lowest BCUT2D eigenvalue weighted by Crippen LogP contribution is -2.13. The molecule has 192 valence electrons. The first-order valence-electron chi connectivity index (χ1n) is 12.1. The van der Waals surface area contributed by atoms with E-state index in [1.165, 1.54) is 0 Å². The summed E-state index contributed by atoms with van der Waals surface area (Å²) in [6.45, 7) is 14.5. The van der Waals surface area contributed by atoms with Crippen LogP contribution in [0.15, 0.2) is 72.8 Å². The topological polar surface area (TPSA) is 71.1 Å². The van der Waals surface area contributed by atoms with Crippen molar-refractivity contribution >= 4 is 13.8 Å². The molecule has 0 N–H and O–H groups in total. The Labute approximate surface area is 214 Å². The standard InChI is InChI=1S/C29H35O6P/c1-20(2)22-10-16-26(17-11-22)33-36(31,34-27-18-12-23(13-19-27)21(3)4)35-32-28(30)24-8-14-25(15-9-24)29(5,6)7/h8-21H,1-7H3. The molecule has 0 saturated heterocycles. The number of benzene rings is 3. The molecular weight excluding hydrogens is 475 g/mol. The van der Waals surface area contributed by atoms with Crippen LogP contribution in [-0.4, -0.2) is 5.97 Å². The smallest absolute Gasteiger partial charge is 0.393 e. The molecule has 0 unspecified atom stereocenters. The van der Waals surface area contributed by atoms with Crippen molar-refractivity contribution in [2.45, 2.75) is 65.7 Å². The Morgan fingerprint density at radius 3 is 1.47 bits per heavy atom. The summed E-state index contributed by atoms with van der Waals surface area (Å²) < 4.78 is 29.8. The predicted molar refractivity (Wildman–Crippen MR) is 142 cm³/mol. The van der Waals surface area contributed by atoms with Crippen LogP contribution < -0.4 is 9.05 Å². The summed E-state index contributed by atoms with van der Waals surface area (Å²) in [6.07, 6.45) is 0. The molecule has 0 radical (unpaired) electrons. The van der Waals surface area contributed by atoms with E-state index in [0.29, 0.717) is 11.8 Å². The van der Waals surface area contributed by atoms with Crippen molar-refractivity contribution < 1.29 is 28.0 Å². The molecule has 0 aliphatic rings. The van der Waals surface area contributed by atoms with Gasteiger partial charge in [0.2, 0.25) is 0 Å². The molecule has 0 heterocycles. The van der Waals surface area contributed by atoms with E-state index in [9.17, 15) is 9.36 Å². The molecule has 3 rings (SSSR count). The third-order valence-electron chi connectivity index (χ3n) is 5.72. The molecular formula is C29H35O6P. The summed E-state index contributed by atoms with van der Waals surface area (Å²) in [4.78, 5) is 17.6. The van der Waals surface area contributed by atoms with Gasteiger partial charge in [-0.25, -0.2) is 9.36 Å². The first-order chi connectivity index (χ1) is 16.9. The van der Waals surface area contributed by atoms with Gasteiger partial charge in [0.05, 0.1) is 5.56 Å². The molecule has 6 nitrogen and oxygen atoms in total. The summed E-state index contributed by atoms with van der Waals surface area (Å²) in [7, 11) is -4.39. The van der Waals surface area contributed by atoms with Gasteiger partial charge in [0.25, 0.3) is 0 Å². The Morgan fingerprint density at radius 2 is 1.11 bits per heavy atom. The average Bonchev–Trinajstić information content (AvgIpc) is 2.83. The van der Waals surface area contributed by atoms with Crippen LogP contribution in [-0.2, 0) is 19.5 Å². The van der Waals surface area contributed by atoms with Gasteiger partial charge in [-0.15, -0.1) is 0 Å². The maximum atomic E-state index is 13.6. The highest BCUT2D eigenvalue weighted by Crippen LogP contribution is 2.50. The number of carbonyl (C=O) groups excluding carboxylic acids is 1. The lowest BCUT2D eigenvalue weighted by atomic mass is 9.87. The maximum absolute atomic E-state index is 13.6. The third kappa shape index (κ3) is 7.46. The lowest BCUT2D eigenvalue weighted by Gasteiger charge is -2.19. The van der Waals surface area contributed by atoms with E-state index in [1.54, 1.807) is 36.4 Å². The van der Waals surface area contributed by atoms with Crippen molar-refractivity contribution in [2.75, 3.05) is 0 Å². The van der Waals surface area contributed by atoms with Gasteiger partial charge < -0.3 is 9.05 Å². The molecule has 0 aliphatic carbocycles. The second-order valence-electron chi connectivity index (χ2n) is 10.3. The minimum Gasteiger partial charge on any atom is -0.393 e. The van der Waals surface area contributed by atoms with Crippen molar-refractivity contribution in [1.82, 2.24) is 0 Å². The number of phosphoric acid groups is 1. The van der Waals surface area contributed by atoms with Gasteiger partial charge in [0.15, 0.2) is 0 Å². The van der Waals surface area contributed by atoms with E-state index in [2.05, 4.69) is 48.5 Å². The first-order valence-corrected chi connectivity index (χ1v) is 13.5. The van der Waals surface area contributed by atoms with Gasteiger partial charge in [-0.2, -0.15) is 0 Å². The molecule has 0 saturated carbocycles. The van der Waals surface area contributed by atoms with E-state index >= 15 is 0 Å². The average molecular weight is 511 g/mol. The van der Waals surface area contributed by atoms with Crippen molar-refractivity contribution in [1.29, 1.82) is 0 Å². The zero-order valence-electron chi connectivity index (χ0n) is 22.0. The summed E-state index contributed by atoms with van der Waals surface area (Å²) >= 11 is 0. The summed E-state index contributed by atoms with van der Waals surface area (Å²) in [5.41, 5.74) is 3.43. The van der Waals surface area contributed by atoms with Gasteiger partial charge in [-0.05, 0) is 75.0 Å². The zero-order valence-corrected chi connectivity index (χ0v) is 22.9. The van der Waals surface area contributed by atoms with Crippen LogP contribution in [0.1, 0.15) is 87.4 Å². The number of rotatable bonds is 9. The first kappa shape index (κ1) is 27.5. The van der Waals surface area contributed by atoms with Crippen LogP contribution in [0, 0.1) is 0 Å². The SMILES string of the molecule is CC(C)c1ccc(OP(=O)(OOC(=O)c2ccc(C(C)(C)C)cc2)Oc2ccc(C(C)C)cc2)cc1. The van der Waals surface area contributed by atoms with Crippen LogP contribution in [0.3, 0.4) is 0 Å². The molecule has 36 heavy (non-hydrogen) atoms. The Balaban J connectivity index is 1.79. The fourth-order valence-electron chi connectivity index (χ4n) is 3.37. The van der Waals surface area contributed by atoms with E-state index in [0.717, 1.165) is 16.7 Å². The normalized spacial score (nSPS) is 12.0. The molecule has 0 aromatic heterocycles.